The Labute approximate surface area is 119 Å². The van der Waals surface area contributed by atoms with E-state index >= 15 is 0 Å². The maximum absolute atomic E-state index is 11.7. The fourth-order valence-electron chi connectivity index (χ4n) is 3.84. The topological polar surface area (TPSA) is 58.4 Å². The first-order valence-electron chi connectivity index (χ1n) is 7.51. The Kier molecular flexibility index (Phi) is 3.32. The van der Waals surface area contributed by atoms with E-state index in [9.17, 15) is 9.90 Å². The summed E-state index contributed by atoms with van der Waals surface area (Å²) in [5.41, 5.74) is 0.555. The van der Waals surface area contributed by atoms with E-state index in [1.165, 1.54) is 0 Å². The highest BCUT2D eigenvalue weighted by Gasteiger charge is 2.54. The largest absolute Gasteiger partial charge is 0.481 e. The molecule has 0 spiro atoms. The van der Waals surface area contributed by atoms with Gasteiger partial charge in [0, 0.05) is 31.9 Å². The lowest BCUT2D eigenvalue weighted by Crippen LogP contribution is -2.35. The number of hydrogen-bond donors (Lipinski definition) is 1. The Morgan fingerprint density at radius 3 is 3.00 bits per heavy atom. The predicted molar refractivity (Wildman–Crippen MR) is 75.3 cm³/mol. The molecule has 2 atom stereocenters. The molecule has 0 amide bonds. The van der Waals surface area contributed by atoms with Crippen LogP contribution in [0.4, 0.5) is 0 Å². The molecule has 2 heterocycles. The van der Waals surface area contributed by atoms with Crippen LogP contribution in [-0.2, 0) is 11.3 Å². The number of nitrogens with zero attached hydrogens (tertiary/aromatic N) is 3. The molecule has 1 N–H and O–H groups in total. The van der Waals surface area contributed by atoms with Crippen LogP contribution in [-0.4, -0.2) is 38.8 Å². The lowest BCUT2D eigenvalue weighted by Gasteiger charge is -2.23. The van der Waals surface area contributed by atoms with Crippen LogP contribution in [0.5, 0.6) is 0 Å². The van der Waals surface area contributed by atoms with Crippen LogP contribution in [0, 0.1) is 11.3 Å². The van der Waals surface area contributed by atoms with Crippen molar-refractivity contribution in [2.24, 2.45) is 11.3 Å². The first-order valence-corrected chi connectivity index (χ1v) is 7.51. The van der Waals surface area contributed by atoms with E-state index in [1.807, 2.05) is 16.9 Å². The van der Waals surface area contributed by atoms with E-state index in [0.29, 0.717) is 18.5 Å². The predicted octanol–water partition coefficient (Wildman–Crippen LogP) is 2.15. The minimum Gasteiger partial charge on any atom is -0.481 e. The highest BCUT2D eigenvalue weighted by molar-refractivity contribution is 5.76. The van der Waals surface area contributed by atoms with E-state index in [1.54, 1.807) is 0 Å². The Morgan fingerprint density at radius 1 is 1.60 bits per heavy atom. The van der Waals surface area contributed by atoms with Crippen LogP contribution >= 0.6 is 0 Å². The highest BCUT2D eigenvalue weighted by atomic mass is 16.4. The molecule has 0 aromatic carbocycles. The molecule has 1 saturated heterocycles. The Morgan fingerprint density at radius 2 is 2.40 bits per heavy atom. The summed E-state index contributed by atoms with van der Waals surface area (Å²) in [4.78, 5) is 13.9. The number of aliphatic carboxylic acids is 1. The second kappa shape index (κ2) is 4.88. The number of carbonyl (C=O) groups is 1. The Balaban J connectivity index is 1.69. The van der Waals surface area contributed by atoms with Gasteiger partial charge in [-0.3, -0.25) is 14.4 Å². The standard InChI is InChI=1S/C15H23N3O2/c1-11(2)18-7-5-13(16-18)9-17-8-12-4-3-6-15(12,10-17)14(19)20/h5,7,11-12H,3-4,6,8-10H2,1-2H3,(H,19,20)/t12-,15+/m0/s1. The van der Waals surface area contributed by atoms with E-state index in [-0.39, 0.29) is 0 Å². The maximum atomic E-state index is 11.7. The summed E-state index contributed by atoms with van der Waals surface area (Å²) >= 11 is 0. The molecule has 0 unspecified atom stereocenters. The normalized spacial score (nSPS) is 30.1. The van der Waals surface area contributed by atoms with Crippen molar-refractivity contribution in [3.8, 4) is 0 Å². The minimum absolute atomic E-state index is 0.326. The monoisotopic (exact) mass is 277 g/mol. The quantitative estimate of drug-likeness (QED) is 0.916. The lowest BCUT2D eigenvalue weighted by atomic mass is 9.81. The number of hydrogen-bond acceptors (Lipinski definition) is 3. The molecule has 2 fully saturated rings. The SMILES string of the molecule is CC(C)n1ccc(CN2C[C@@H]3CCC[C@@]3(C(=O)O)C2)n1. The molecule has 0 bridgehead atoms. The first kappa shape index (κ1) is 13.6. The second-order valence-corrected chi connectivity index (χ2v) is 6.60. The number of likely N-dealkylation sites (tertiary alicyclic amines) is 1. The van der Waals surface area contributed by atoms with Gasteiger partial charge in [0.25, 0.3) is 0 Å². The fraction of sp³-hybridized carbons (Fsp3) is 0.733. The van der Waals surface area contributed by atoms with Gasteiger partial charge in [0.1, 0.15) is 0 Å². The summed E-state index contributed by atoms with van der Waals surface area (Å²) in [6, 6.07) is 2.41. The average Bonchev–Trinajstić information content (AvgIpc) is 3.02. The van der Waals surface area contributed by atoms with Crippen LogP contribution in [0.3, 0.4) is 0 Å². The summed E-state index contributed by atoms with van der Waals surface area (Å²) in [6.45, 7) is 6.57. The van der Waals surface area contributed by atoms with Gasteiger partial charge < -0.3 is 5.11 Å². The first-order chi connectivity index (χ1) is 9.51. The summed E-state index contributed by atoms with van der Waals surface area (Å²) in [7, 11) is 0. The fourth-order valence-corrected chi connectivity index (χ4v) is 3.84. The van der Waals surface area contributed by atoms with Crippen molar-refractivity contribution >= 4 is 5.97 Å². The van der Waals surface area contributed by atoms with Crippen LogP contribution in [0.15, 0.2) is 12.3 Å². The molecule has 1 aliphatic carbocycles. The zero-order chi connectivity index (χ0) is 14.3. The summed E-state index contributed by atoms with van der Waals surface area (Å²) in [6.07, 6.45) is 4.96. The maximum Gasteiger partial charge on any atom is 0.311 e. The van der Waals surface area contributed by atoms with Crippen molar-refractivity contribution in [3.05, 3.63) is 18.0 Å². The minimum atomic E-state index is -0.602. The van der Waals surface area contributed by atoms with Crippen molar-refractivity contribution in [2.45, 2.75) is 45.7 Å². The van der Waals surface area contributed by atoms with Gasteiger partial charge in [-0.1, -0.05) is 6.42 Å². The number of fused-ring (bicyclic) bond motifs is 1. The highest BCUT2D eigenvalue weighted by Crippen LogP contribution is 2.49. The number of aromatic nitrogens is 2. The van der Waals surface area contributed by atoms with E-state index in [2.05, 4.69) is 23.8 Å². The lowest BCUT2D eigenvalue weighted by molar-refractivity contribution is -0.149. The van der Waals surface area contributed by atoms with Gasteiger partial charge in [-0.05, 0) is 38.7 Å². The average molecular weight is 277 g/mol. The van der Waals surface area contributed by atoms with Crippen molar-refractivity contribution in [1.29, 1.82) is 0 Å². The third-order valence-corrected chi connectivity index (χ3v) is 4.95. The van der Waals surface area contributed by atoms with E-state index in [0.717, 1.165) is 38.0 Å². The molecule has 2 aliphatic rings. The third kappa shape index (κ3) is 2.14. The smallest absolute Gasteiger partial charge is 0.311 e. The summed E-state index contributed by atoms with van der Waals surface area (Å²) < 4.78 is 1.96. The molecule has 1 aromatic rings. The van der Waals surface area contributed by atoms with Gasteiger partial charge in [0.15, 0.2) is 0 Å². The molecular formula is C15H23N3O2. The van der Waals surface area contributed by atoms with E-state index < -0.39 is 11.4 Å². The molecule has 1 aliphatic heterocycles. The molecular weight excluding hydrogens is 254 g/mol. The van der Waals surface area contributed by atoms with Gasteiger partial charge in [0.05, 0.1) is 11.1 Å². The molecule has 3 rings (SSSR count). The van der Waals surface area contributed by atoms with Crippen molar-refractivity contribution in [2.75, 3.05) is 13.1 Å². The van der Waals surface area contributed by atoms with Crippen LogP contribution < -0.4 is 0 Å². The molecule has 0 radical (unpaired) electrons. The molecule has 1 aromatic heterocycles. The van der Waals surface area contributed by atoms with Crippen molar-refractivity contribution in [1.82, 2.24) is 14.7 Å². The number of rotatable bonds is 4. The molecule has 20 heavy (non-hydrogen) atoms. The molecule has 5 heteroatoms. The zero-order valence-electron chi connectivity index (χ0n) is 12.2. The van der Waals surface area contributed by atoms with Gasteiger partial charge in [0.2, 0.25) is 0 Å². The van der Waals surface area contributed by atoms with E-state index in [4.69, 9.17) is 0 Å². The Hall–Kier alpha value is -1.36. The summed E-state index contributed by atoms with van der Waals surface area (Å²) in [5.74, 6) is -0.276. The third-order valence-electron chi connectivity index (χ3n) is 4.95. The number of carboxylic acid groups (broad SMARTS) is 1. The molecule has 110 valence electrons. The second-order valence-electron chi connectivity index (χ2n) is 6.60. The van der Waals surface area contributed by atoms with Crippen molar-refractivity contribution in [3.63, 3.8) is 0 Å². The molecule has 1 saturated carbocycles. The van der Waals surface area contributed by atoms with Crippen molar-refractivity contribution < 1.29 is 9.90 Å². The van der Waals surface area contributed by atoms with Crippen LogP contribution in [0.2, 0.25) is 0 Å². The van der Waals surface area contributed by atoms with Crippen LogP contribution in [0.25, 0.3) is 0 Å². The van der Waals surface area contributed by atoms with Gasteiger partial charge >= 0.3 is 5.97 Å². The van der Waals surface area contributed by atoms with Gasteiger partial charge in [-0.25, -0.2) is 0 Å². The Bertz CT molecular complexity index is 511. The van der Waals surface area contributed by atoms with Gasteiger partial charge in [-0.15, -0.1) is 0 Å². The van der Waals surface area contributed by atoms with Gasteiger partial charge in [-0.2, -0.15) is 5.10 Å². The summed E-state index contributed by atoms with van der Waals surface area (Å²) in [5, 5.41) is 14.2. The number of carboxylic acids is 1. The van der Waals surface area contributed by atoms with Crippen LogP contribution in [0.1, 0.15) is 44.8 Å². The zero-order valence-corrected chi connectivity index (χ0v) is 12.2. The molecule has 5 nitrogen and oxygen atoms in total.